The predicted octanol–water partition coefficient (Wildman–Crippen LogP) is 3.92. The van der Waals surface area contributed by atoms with Crippen LogP contribution in [0.3, 0.4) is 0 Å². The van der Waals surface area contributed by atoms with E-state index in [1.165, 1.54) is 34.1 Å². The number of thiophene rings is 1. The van der Waals surface area contributed by atoms with Crippen molar-refractivity contribution in [1.29, 1.82) is 0 Å². The molecule has 7 nitrogen and oxygen atoms in total. The van der Waals surface area contributed by atoms with Gasteiger partial charge in [-0.3, -0.25) is 14.2 Å². The van der Waals surface area contributed by atoms with Crippen LogP contribution in [0.15, 0.2) is 50.2 Å². The number of thioether (sulfide) groups is 1. The molecule has 1 aromatic carbocycles. The van der Waals surface area contributed by atoms with Gasteiger partial charge in [0.15, 0.2) is 11.0 Å². The number of carbonyl (C=O) groups excluding carboxylic acids is 1. The molecule has 0 saturated carbocycles. The van der Waals surface area contributed by atoms with Crippen molar-refractivity contribution in [1.82, 2.24) is 14.7 Å². The zero-order valence-electron chi connectivity index (χ0n) is 15.4. The molecule has 4 rings (SSSR count). The minimum Gasteiger partial charge on any atom is -0.360 e. The van der Waals surface area contributed by atoms with Gasteiger partial charge in [-0.1, -0.05) is 16.9 Å². The summed E-state index contributed by atoms with van der Waals surface area (Å²) >= 11 is 2.41. The van der Waals surface area contributed by atoms with Crippen molar-refractivity contribution >= 4 is 45.0 Å². The molecule has 0 aliphatic carbocycles. The maximum absolute atomic E-state index is 13.6. The normalized spacial score (nSPS) is 11.1. The van der Waals surface area contributed by atoms with Crippen LogP contribution in [0, 0.1) is 19.7 Å². The lowest BCUT2D eigenvalue weighted by Gasteiger charge is -2.14. The van der Waals surface area contributed by atoms with E-state index < -0.39 is 0 Å². The van der Waals surface area contributed by atoms with Crippen molar-refractivity contribution in [3.8, 4) is 5.69 Å². The van der Waals surface area contributed by atoms with Crippen LogP contribution >= 0.6 is 23.1 Å². The van der Waals surface area contributed by atoms with Gasteiger partial charge in [-0.15, -0.1) is 11.3 Å². The highest BCUT2D eigenvalue weighted by Gasteiger charge is 2.17. The van der Waals surface area contributed by atoms with Crippen molar-refractivity contribution in [2.75, 3.05) is 11.1 Å². The Morgan fingerprint density at radius 3 is 2.86 bits per heavy atom. The first-order valence-corrected chi connectivity index (χ1v) is 10.4. The first kappa shape index (κ1) is 19.3. The van der Waals surface area contributed by atoms with Crippen LogP contribution in [0.4, 0.5) is 10.2 Å². The number of benzene rings is 1. The van der Waals surface area contributed by atoms with Crippen LogP contribution in [-0.2, 0) is 4.79 Å². The highest BCUT2D eigenvalue weighted by molar-refractivity contribution is 7.99. The Kier molecular flexibility index (Phi) is 5.20. The quantitative estimate of drug-likeness (QED) is 0.381. The number of rotatable bonds is 5. The predicted molar refractivity (Wildman–Crippen MR) is 111 cm³/mol. The highest BCUT2D eigenvalue weighted by Crippen LogP contribution is 2.25. The average molecular weight is 430 g/mol. The van der Waals surface area contributed by atoms with Gasteiger partial charge in [-0.25, -0.2) is 9.37 Å². The molecule has 1 amide bonds. The lowest BCUT2D eigenvalue weighted by molar-refractivity contribution is -0.113. The van der Waals surface area contributed by atoms with E-state index in [4.69, 9.17) is 4.52 Å². The van der Waals surface area contributed by atoms with Crippen LogP contribution in [0.1, 0.15) is 11.3 Å². The molecule has 0 spiro atoms. The number of hydrogen-bond acceptors (Lipinski definition) is 7. The topological polar surface area (TPSA) is 90.0 Å². The van der Waals surface area contributed by atoms with Gasteiger partial charge in [0, 0.05) is 6.07 Å². The second-order valence-electron chi connectivity index (χ2n) is 6.26. The van der Waals surface area contributed by atoms with Crippen molar-refractivity contribution in [3.05, 3.63) is 63.2 Å². The van der Waals surface area contributed by atoms with E-state index in [2.05, 4.69) is 15.5 Å². The summed E-state index contributed by atoms with van der Waals surface area (Å²) in [4.78, 5) is 29.9. The molecular weight excluding hydrogens is 415 g/mol. The van der Waals surface area contributed by atoms with Crippen LogP contribution in [0.5, 0.6) is 0 Å². The smallest absolute Gasteiger partial charge is 0.276 e. The van der Waals surface area contributed by atoms with E-state index in [1.54, 1.807) is 31.4 Å². The van der Waals surface area contributed by atoms with Crippen LogP contribution in [0.25, 0.3) is 15.9 Å². The summed E-state index contributed by atoms with van der Waals surface area (Å²) in [6, 6.07) is 7.55. The summed E-state index contributed by atoms with van der Waals surface area (Å²) in [5.74, 6) is 0.208. The van der Waals surface area contributed by atoms with E-state index in [0.717, 1.165) is 11.8 Å². The second kappa shape index (κ2) is 7.80. The molecule has 10 heteroatoms. The van der Waals surface area contributed by atoms with E-state index in [0.29, 0.717) is 38.2 Å². The Labute approximate surface area is 172 Å². The minimum atomic E-state index is -0.388. The summed E-state index contributed by atoms with van der Waals surface area (Å²) in [7, 11) is 0. The van der Waals surface area contributed by atoms with E-state index in [1.807, 2.05) is 0 Å². The average Bonchev–Trinajstić information content (AvgIpc) is 3.30. The van der Waals surface area contributed by atoms with Gasteiger partial charge in [0.1, 0.15) is 16.3 Å². The molecule has 0 bridgehead atoms. The summed E-state index contributed by atoms with van der Waals surface area (Å²) in [5.41, 5.74) is 1.42. The number of nitrogens with one attached hydrogen (secondary N) is 1. The maximum atomic E-state index is 13.6. The maximum Gasteiger partial charge on any atom is 0.276 e. The molecule has 0 radical (unpaired) electrons. The number of carbonyl (C=O) groups is 1. The molecule has 29 heavy (non-hydrogen) atoms. The van der Waals surface area contributed by atoms with Gasteiger partial charge >= 0.3 is 0 Å². The van der Waals surface area contributed by atoms with Crippen LogP contribution in [0.2, 0.25) is 0 Å². The zero-order valence-corrected chi connectivity index (χ0v) is 17.1. The number of halogens is 1. The van der Waals surface area contributed by atoms with E-state index in [9.17, 15) is 14.0 Å². The van der Waals surface area contributed by atoms with E-state index in [-0.39, 0.29) is 23.0 Å². The number of hydrogen-bond donors (Lipinski definition) is 1. The standard InChI is InChI=1S/C19H15FN4O3S2/c1-10-7-12(20)3-4-14(10)24-18(26)17-13(5-6-28-17)21-19(24)29-9-16(25)22-15-8-11(2)27-23-15/h3-8H,9H2,1-2H3,(H,22,23,25). The molecule has 4 aromatic rings. The Bertz CT molecular complexity index is 1280. The second-order valence-corrected chi connectivity index (χ2v) is 8.12. The first-order valence-electron chi connectivity index (χ1n) is 8.55. The molecule has 148 valence electrons. The third-order valence-corrected chi connectivity index (χ3v) is 5.91. The number of nitrogens with zero attached hydrogens (tertiary/aromatic N) is 3. The Balaban J connectivity index is 1.69. The molecular formula is C19H15FN4O3S2. The fraction of sp³-hybridized carbons (Fsp3) is 0.158. The summed E-state index contributed by atoms with van der Waals surface area (Å²) in [6.45, 7) is 3.44. The Morgan fingerprint density at radius 2 is 2.14 bits per heavy atom. The van der Waals surface area contributed by atoms with Gasteiger partial charge in [-0.05, 0) is 49.1 Å². The van der Waals surface area contributed by atoms with Crippen molar-refractivity contribution in [2.45, 2.75) is 19.0 Å². The van der Waals surface area contributed by atoms with Gasteiger partial charge < -0.3 is 9.84 Å². The van der Waals surface area contributed by atoms with Crippen LogP contribution in [-0.4, -0.2) is 26.4 Å². The molecule has 3 heterocycles. The number of fused-ring (bicyclic) bond motifs is 1. The van der Waals surface area contributed by atoms with Gasteiger partial charge in [0.05, 0.1) is 17.0 Å². The lowest BCUT2D eigenvalue weighted by atomic mass is 10.2. The first-order chi connectivity index (χ1) is 13.9. The van der Waals surface area contributed by atoms with E-state index >= 15 is 0 Å². The molecule has 3 aromatic heterocycles. The molecule has 0 aliphatic heterocycles. The number of aryl methyl sites for hydroxylation is 2. The lowest BCUT2D eigenvalue weighted by Crippen LogP contribution is -2.23. The summed E-state index contributed by atoms with van der Waals surface area (Å²) < 4.78 is 20.4. The Hall–Kier alpha value is -2.98. The fourth-order valence-electron chi connectivity index (χ4n) is 2.81. The molecule has 1 N–H and O–H groups in total. The highest BCUT2D eigenvalue weighted by atomic mass is 32.2. The molecule has 0 aliphatic rings. The molecule has 0 saturated heterocycles. The van der Waals surface area contributed by atoms with Gasteiger partial charge in [-0.2, -0.15) is 0 Å². The molecule has 0 atom stereocenters. The minimum absolute atomic E-state index is 0.00817. The monoisotopic (exact) mass is 430 g/mol. The van der Waals surface area contributed by atoms with Crippen molar-refractivity contribution in [2.24, 2.45) is 0 Å². The van der Waals surface area contributed by atoms with Gasteiger partial charge in [0.25, 0.3) is 5.56 Å². The SMILES string of the molecule is Cc1cc(NC(=O)CSc2nc3ccsc3c(=O)n2-c2ccc(F)cc2C)no1. The molecule has 0 fully saturated rings. The molecule has 0 unspecified atom stereocenters. The van der Waals surface area contributed by atoms with Crippen LogP contribution < -0.4 is 10.9 Å². The number of anilines is 1. The van der Waals surface area contributed by atoms with Crippen molar-refractivity contribution < 1.29 is 13.7 Å². The number of aromatic nitrogens is 3. The van der Waals surface area contributed by atoms with Crippen molar-refractivity contribution in [3.63, 3.8) is 0 Å². The third-order valence-electron chi connectivity index (χ3n) is 4.08. The largest absolute Gasteiger partial charge is 0.360 e. The fourth-order valence-corrected chi connectivity index (χ4v) is 4.37. The number of amides is 1. The summed E-state index contributed by atoms with van der Waals surface area (Å²) in [6.07, 6.45) is 0. The third kappa shape index (κ3) is 3.94. The Morgan fingerprint density at radius 1 is 1.31 bits per heavy atom. The zero-order chi connectivity index (χ0) is 20.5. The van der Waals surface area contributed by atoms with Gasteiger partial charge in [0.2, 0.25) is 5.91 Å². The summed E-state index contributed by atoms with van der Waals surface area (Å²) in [5, 5.41) is 8.49.